The summed E-state index contributed by atoms with van der Waals surface area (Å²) in [5.74, 6) is 0.522. The van der Waals surface area contributed by atoms with Crippen molar-refractivity contribution in [2.75, 3.05) is 11.4 Å². The molecule has 5 aromatic rings. The highest BCUT2D eigenvalue weighted by molar-refractivity contribution is 6.42. The van der Waals surface area contributed by atoms with Crippen LogP contribution in [0.5, 0.6) is 0 Å². The summed E-state index contributed by atoms with van der Waals surface area (Å²) in [6.07, 6.45) is 23.0. The van der Waals surface area contributed by atoms with E-state index in [4.69, 9.17) is 11.6 Å². The number of rotatable bonds is 12. The number of nitrogens with zero attached hydrogens (tertiary/aromatic N) is 1. The number of hydrogen-bond acceptors (Lipinski definition) is 1. The van der Waals surface area contributed by atoms with Crippen LogP contribution in [0.3, 0.4) is 0 Å². The molecule has 3 aliphatic rings. The molecule has 292 valence electrons. The van der Waals surface area contributed by atoms with E-state index in [-0.39, 0.29) is 10.8 Å². The van der Waals surface area contributed by atoms with Crippen LogP contribution in [0.4, 0.5) is 5.69 Å². The Hall–Kier alpha value is -4.59. The standard InChI is InChI=1S/C55H60ClN/c1-7-9-11-19-37-57-49-35-29-40-22-14-16-24-43(40)52(49)55(5,6)50(57)36-34-48-46-26-18-17-25-45(46)47(53(48)56)33-31-41-30-27-38(20-12-10-8-2)44-32-28-39-21-13-15-23-42(39)51(44)54(41,3)4/h13-18,21-26,28-36,38H,7-12,19-20,27,37H2,1-6H3. The molecule has 1 aliphatic heterocycles. The van der Waals surface area contributed by atoms with Crippen LogP contribution in [0.15, 0.2) is 144 Å². The Morgan fingerprint density at radius 1 is 0.649 bits per heavy atom. The van der Waals surface area contributed by atoms with Crippen molar-refractivity contribution in [3.8, 4) is 0 Å². The average Bonchev–Trinajstić information content (AvgIpc) is 3.56. The first-order valence-corrected chi connectivity index (χ1v) is 22.2. The predicted molar refractivity (Wildman–Crippen MR) is 249 cm³/mol. The molecule has 0 N–H and O–H groups in total. The smallest absolute Gasteiger partial charge is 0.0563 e. The Labute approximate surface area is 347 Å². The van der Waals surface area contributed by atoms with Gasteiger partial charge in [-0.3, -0.25) is 0 Å². The number of unbranched alkanes of at least 4 members (excludes halogenated alkanes) is 5. The fraction of sp³-hybridized carbons (Fsp3) is 0.345. The molecule has 1 heterocycles. The van der Waals surface area contributed by atoms with Crippen molar-refractivity contribution in [3.63, 3.8) is 0 Å². The zero-order valence-corrected chi connectivity index (χ0v) is 35.9. The minimum Gasteiger partial charge on any atom is -0.344 e. The van der Waals surface area contributed by atoms with Crippen LogP contribution >= 0.6 is 11.6 Å². The zero-order valence-electron chi connectivity index (χ0n) is 35.1. The molecule has 57 heavy (non-hydrogen) atoms. The van der Waals surface area contributed by atoms with E-state index >= 15 is 0 Å². The molecule has 2 heteroatoms. The Balaban J connectivity index is 1.19. The molecular weight excluding hydrogens is 710 g/mol. The first-order chi connectivity index (χ1) is 27.7. The van der Waals surface area contributed by atoms with E-state index in [9.17, 15) is 0 Å². The van der Waals surface area contributed by atoms with Crippen LogP contribution in [-0.2, 0) is 10.8 Å². The van der Waals surface area contributed by atoms with Crippen molar-refractivity contribution in [2.24, 2.45) is 0 Å². The molecule has 0 radical (unpaired) electrons. The van der Waals surface area contributed by atoms with Crippen molar-refractivity contribution in [3.05, 3.63) is 172 Å². The fourth-order valence-electron chi connectivity index (χ4n) is 10.3. The molecule has 5 aromatic carbocycles. The summed E-state index contributed by atoms with van der Waals surface area (Å²) in [4.78, 5) is 2.60. The molecule has 1 atom stereocenters. The monoisotopic (exact) mass is 769 g/mol. The first-order valence-electron chi connectivity index (χ1n) is 21.8. The SMILES string of the molecule is CCCCCCN1C(=CC=C2C(Cl)=C(C=CC3=CCC(CCCCC)c4ccc5ccccc5c4C3(C)C)c3ccccc32)C(C)(C)c2c1ccc1ccccc21. The van der Waals surface area contributed by atoms with E-state index in [0.29, 0.717) is 5.92 Å². The minimum absolute atomic E-state index is 0.165. The summed E-state index contributed by atoms with van der Waals surface area (Å²) < 4.78 is 0. The van der Waals surface area contributed by atoms with Crippen molar-refractivity contribution in [1.29, 1.82) is 0 Å². The summed E-state index contributed by atoms with van der Waals surface area (Å²) in [5.41, 5.74) is 12.8. The van der Waals surface area contributed by atoms with Gasteiger partial charge in [-0.2, -0.15) is 0 Å². The van der Waals surface area contributed by atoms with Gasteiger partial charge in [-0.1, -0.05) is 207 Å². The minimum atomic E-state index is -0.172. The maximum atomic E-state index is 7.56. The average molecular weight is 771 g/mol. The molecular formula is C55H60ClN. The molecule has 8 rings (SSSR count). The molecule has 0 aromatic heterocycles. The first kappa shape index (κ1) is 39.2. The number of fused-ring (bicyclic) bond motifs is 7. The van der Waals surface area contributed by atoms with Crippen LogP contribution < -0.4 is 4.90 Å². The Bertz CT molecular complexity index is 2460. The van der Waals surface area contributed by atoms with Crippen molar-refractivity contribution in [1.82, 2.24) is 0 Å². The maximum absolute atomic E-state index is 7.56. The van der Waals surface area contributed by atoms with Gasteiger partial charge in [0, 0.05) is 39.9 Å². The second kappa shape index (κ2) is 16.3. The van der Waals surface area contributed by atoms with E-state index in [1.54, 1.807) is 0 Å². The van der Waals surface area contributed by atoms with E-state index < -0.39 is 0 Å². The highest BCUT2D eigenvalue weighted by atomic mass is 35.5. The number of benzene rings is 5. The Kier molecular flexibility index (Phi) is 11.3. The predicted octanol–water partition coefficient (Wildman–Crippen LogP) is 16.1. The molecule has 2 aliphatic carbocycles. The second-order valence-corrected chi connectivity index (χ2v) is 18.1. The van der Waals surface area contributed by atoms with Gasteiger partial charge in [0.15, 0.2) is 0 Å². The lowest BCUT2D eigenvalue weighted by Gasteiger charge is -2.31. The highest BCUT2D eigenvalue weighted by Gasteiger charge is 2.41. The normalized spacial score (nSPS) is 19.8. The zero-order chi connectivity index (χ0) is 39.7. The van der Waals surface area contributed by atoms with Gasteiger partial charge < -0.3 is 4.90 Å². The van der Waals surface area contributed by atoms with Crippen LogP contribution in [0, 0.1) is 0 Å². The van der Waals surface area contributed by atoms with Crippen LogP contribution in [-0.4, -0.2) is 6.54 Å². The van der Waals surface area contributed by atoms with Gasteiger partial charge in [-0.25, -0.2) is 0 Å². The third-order valence-electron chi connectivity index (χ3n) is 13.3. The molecule has 0 amide bonds. The third-order valence-corrected chi connectivity index (χ3v) is 13.7. The number of allylic oxidation sites excluding steroid dienone is 10. The molecule has 0 fully saturated rings. The van der Waals surface area contributed by atoms with Gasteiger partial charge in [0.2, 0.25) is 0 Å². The van der Waals surface area contributed by atoms with Crippen LogP contribution in [0.25, 0.3) is 32.7 Å². The molecule has 0 saturated heterocycles. The number of hydrogen-bond donors (Lipinski definition) is 0. The van der Waals surface area contributed by atoms with Gasteiger partial charge in [0.25, 0.3) is 0 Å². The van der Waals surface area contributed by atoms with Gasteiger partial charge in [0.1, 0.15) is 0 Å². The summed E-state index contributed by atoms with van der Waals surface area (Å²) in [6, 6.07) is 36.1. The molecule has 1 unspecified atom stereocenters. The van der Waals surface area contributed by atoms with Crippen molar-refractivity contribution >= 4 is 50.0 Å². The highest BCUT2D eigenvalue weighted by Crippen LogP contribution is 2.52. The van der Waals surface area contributed by atoms with Gasteiger partial charge in [-0.05, 0) is 92.3 Å². The van der Waals surface area contributed by atoms with Crippen LogP contribution in [0.2, 0.25) is 0 Å². The molecule has 0 bridgehead atoms. The quantitative estimate of drug-likeness (QED) is 0.114. The number of halogens is 1. The van der Waals surface area contributed by atoms with Crippen molar-refractivity contribution in [2.45, 2.75) is 116 Å². The van der Waals surface area contributed by atoms with E-state index in [2.05, 4.69) is 174 Å². The fourth-order valence-corrected chi connectivity index (χ4v) is 10.6. The largest absolute Gasteiger partial charge is 0.344 e. The van der Waals surface area contributed by atoms with Crippen LogP contribution in [0.1, 0.15) is 133 Å². The Morgan fingerprint density at radius 2 is 1.30 bits per heavy atom. The topological polar surface area (TPSA) is 3.24 Å². The summed E-state index contributed by atoms with van der Waals surface area (Å²) in [6.45, 7) is 15.3. The van der Waals surface area contributed by atoms with E-state index in [0.717, 1.165) is 29.1 Å². The van der Waals surface area contributed by atoms with Gasteiger partial charge >= 0.3 is 0 Å². The summed E-state index contributed by atoms with van der Waals surface area (Å²) >= 11 is 7.56. The van der Waals surface area contributed by atoms with Crippen molar-refractivity contribution < 1.29 is 0 Å². The molecule has 1 nitrogen and oxygen atoms in total. The molecule has 0 saturated carbocycles. The lowest BCUT2D eigenvalue weighted by Crippen LogP contribution is -2.27. The van der Waals surface area contributed by atoms with Gasteiger partial charge in [-0.15, -0.1) is 0 Å². The third kappa shape index (κ3) is 7.16. The van der Waals surface area contributed by atoms with E-state index in [1.165, 1.54) is 118 Å². The summed E-state index contributed by atoms with van der Waals surface area (Å²) in [7, 11) is 0. The molecule has 0 spiro atoms. The maximum Gasteiger partial charge on any atom is 0.0563 e. The summed E-state index contributed by atoms with van der Waals surface area (Å²) in [5, 5.41) is 6.19. The van der Waals surface area contributed by atoms with Gasteiger partial charge in [0.05, 0.1) is 5.03 Å². The number of anilines is 1. The van der Waals surface area contributed by atoms with E-state index in [1.807, 2.05) is 0 Å². The Morgan fingerprint density at radius 3 is 2.04 bits per heavy atom. The lowest BCUT2D eigenvalue weighted by atomic mass is 9.73. The lowest BCUT2D eigenvalue weighted by molar-refractivity contribution is 0.565. The second-order valence-electron chi connectivity index (χ2n) is 17.7.